The number of hydrogen-bond acceptors (Lipinski definition) is 4. The molecule has 1 N–H and O–H groups in total. The number of ether oxygens (including phenoxy) is 2. The van der Waals surface area contributed by atoms with Crippen molar-refractivity contribution >= 4 is 19.8 Å². The lowest BCUT2D eigenvalue weighted by molar-refractivity contribution is -0.137. The molecule has 6 heteroatoms. The lowest BCUT2D eigenvalue weighted by Gasteiger charge is -2.15. The minimum Gasteiger partial charge on any atom is -0.481 e. The number of hydrogen-bond donors (Lipinski definition) is 1. The maximum Gasteiger partial charge on any atom is 0.303 e. The largest absolute Gasteiger partial charge is 0.481 e. The maximum atomic E-state index is 11.4. The van der Waals surface area contributed by atoms with Gasteiger partial charge in [0.25, 0.3) is 0 Å². The molecule has 0 atom stereocenters. The fraction of sp³-hybridized carbons (Fsp3) is 0.857. The molecular weight excluding hydrogens is 276 g/mol. The lowest BCUT2D eigenvalue weighted by Crippen LogP contribution is -2.22. The van der Waals surface area contributed by atoms with E-state index < -0.39 is 14.0 Å². The number of carbonyl (C=O) groups is 2. The first kappa shape index (κ1) is 19.3. The minimum absolute atomic E-state index is 0.123. The number of carboxylic acids is 1. The number of Topliss-reactive ketones (excluding diaryl/α,β-unsaturated/α-hetero) is 1. The second-order valence-corrected chi connectivity index (χ2v) is 11.8. The van der Waals surface area contributed by atoms with Gasteiger partial charge in [-0.15, -0.1) is 0 Å². The standard InChI is InChI=1S/C14H28O5Si/c1-20(2,3)11-10-19-12-18-9-8-13(15)6-4-5-7-14(16)17/h4-12H2,1-3H3,(H,16,17). The Morgan fingerprint density at radius 1 is 0.950 bits per heavy atom. The number of rotatable bonds is 13. The zero-order valence-corrected chi connectivity index (χ0v) is 13.9. The number of carbonyl (C=O) groups excluding carboxylic acids is 1. The quantitative estimate of drug-likeness (QED) is 0.322. The van der Waals surface area contributed by atoms with Crippen LogP contribution in [-0.4, -0.2) is 44.9 Å². The predicted octanol–water partition coefficient (Wildman–Crippen LogP) is 2.92. The summed E-state index contributed by atoms with van der Waals surface area (Å²) < 4.78 is 10.6. The first-order valence-corrected chi connectivity index (χ1v) is 10.9. The smallest absolute Gasteiger partial charge is 0.303 e. The van der Waals surface area contributed by atoms with Gasteiger partial charge in [-0.2, -0.15) is 0 Å². The summed E-state index contributed by atoms with van der Waals surface area (Å²) in [6.45, 7) is 8.22. The van der Waals surface area contributed by atoms with Crippen LogP contribution in [0.2, 0.25) is 25.7 Å². The third-order valence-electron chi connectivity index (χ3n) is 2.78. The average molecular weight is 304 g/mol. The summed E-state index contributed by atoms with van der Waals surface area (Å²) in [6, 6.07) is 1.11. The van der Waals surface area contributed by atoms with Crippen molar-refractivity contribution in [3.8, 4) is 0 Å². The van der Waals surface area contributed by atoms with Crippen molar-refractivity contribution in [2.45, 2.75) is 57.8 Å². The van der Waals surface area contributed by atoms with Crippen LogP contribution in [0.15, 0.2) is 0 Å². The zero-order valence-electron chi connectivity index (χ0n) is 12.9. The van der Waals surface area contributed by atoms with Crippen molar-refractivity contribution in [2.75, 3.05) is 20.0 Å². The Hall–Kier alpha value is -0.723. The monoisotopic (exact) mass is 304 g/mol. The van der Waals surface area contributed by atoms with Crippen molar-refractivity contribution < 1.29 is 24.2 Å². The summed E-state index contributed by atoms with van der Waals surface area (Å²) in [4.78, 5) is 21.7. The van der Waals surface area contributed by atoms with E-state index in [1.54, 1.807) is 0 Å². The Bertz CT molecular complexity index is 286. The zero-order chi connectivity index (χ0) is 15.4. The SMILES string of the molecule is C[Si](C)(C)CCOCOCCC(=O)CCCCC(=O)O. The van der Waals surface area contributed by atoms with E-state index in [-0.39, 0.29) is 19.0 Å². The summed E-state index contributed by atoms with van der Waals surface area (Å²) in [6.07, 6.45) is 2.14. The molecule has 118 valence electrons. The molecule has 0 aromatic heterocycles. The molecule has 0 aliphatic heterocycles. The van der Waals surface area contributed by atoms with Crippen molar-refractivity contribution in [3.63, 3.8) is 0 Å². The Labute approximate surface area is 122 Å². The fourth-order valence-corrected chi connectivity index (χ4v) is 2.22. The highest BCUT2D eigenvalue weighted by Crippen LogP contribution is 2.07. The minimum atomic E-state index is -1.05. The van der Waals surface area contributed by atoms with Gasteiger partial charge in [-0.05, 0) is 18.9 Å². The summed E-state index contributed by atoms with van der Waals surface area (Å²) in [5.74, 6) is -0.686. The van der Waals surface area contributed by atoms with Crippen LogP contribution in [0.3, 0.4) is 0 Å². The highest BCUT2D eigenvalue weighted by molar-refractivity contribution is 6.76. The summed E-state index contributed by atoms with van der Waals surface area (Å²) in [5, 5.41) is 8.46. The van der Waals surface area contributed by atoms with Crippen LogP contribution >= 0.6 is 0 Å². The van der Waals surface area contributed by atoms with Crippen LogP contribution in [0.5, 0.6) is 0 Å². The summed E-state index contributed by atoms with van der Waals surface area (Å²) in [5.41, 5.74) is 0. The number of carboxylic acid groups (broad SMARTS) is 1. The highest BCUT2D eigenvalue weighted by Gasteiger charge is 2.11. The molecule has 0 radical (unpaired) electrons. The molecule has 5 nitrogen and oxygen atoms in total. The molecule has 0 aliphatic rings. The maximum absolute atomic E-state index is 11.4. The number of ketones is 1. The predicted molar refractivity (Wildman–Crippen MR) is 80.7 cm³/mol. The lowest BCUT2D eigenvalue weighted by atomic mass is 10.1. The molecule has 0 amide bonds. The van der Waals surface area contributed by atoms with Gasteiger partial charge in [0.1, 0.15) is 12.6 Å². The Morgan fingerprint density at radius 2 is 1.55 bits per heavy atom. The van der Waals surface area contributed by atoms with E-state index in [9.17, 15) is 9.59 Å². The second-order valence-electron chi connectivity index (χ2n) is 6.13. The Kier molecular flexibility index (Phi) is 10.6. The van der Waals surface area contributed by atoms with Gasteiger partial charge in [-0.25, -0.2) is 0 Å². The van der Waals surface area contributed by atoms with E-state index in [4.69, 9.17) is 14.6 Å². The van der Waals surface area contributed by atoms with Crippen LogP contribution < -0.4 is 0 Å². The van der Waals surface area contributed by atoms with Gasteiger partial charge in [0.05, 0.1) is 6.61 Å². The molecule has 0 saturated carbocycles. The van der Waals surface area contributed by atoms with Crippen LogP contribution in [0.1, 0.15) is 32.1 Å². The van der Waals surface area contributed by atoms with Crippen molar-refractivity contribution in [1.82, 2.24) is 0 Å². The summed E-state index contributed by atoms with van der Waals surface area (Å²) >= 11 is 0. The van der Waals surface area contributed by atoms with Crippen molar-refractivity contribution in [1.29, 1.82) is 0 Å². The third-order valence-corrected chi connectivity index (χ3v) is 4.49. The first-order valence-electron chi connectivity index (χ1n) is 7.20. The Balaban J connectivity index is 3.29. The highest BCUT2D eigenvalue weighted by atomic mass is 28.3. The van der Waals surface area contributed by atoms with Gasteiger partial charge in [-0.1, -0.05) is 19.6 Å². The Morgan fingerprint density at radius 3 is 2.15 bits per heavy atom. The van der Waals surface area contributed by atoms with Gasteiger partial charge in [0, 0.05) is 33.9 Å². The van der Waals surface area contributed by atoms with Crippen LogP contribution in [-0.2, 0) is 19.1 Å². The molecule has 0 unspecified atom stereocenters. The molecular formula is C14H28O5Si. The van der Waals surface area contributed by atoms with Gasteiger partial charge < -0.3 is 14.6 Å². The number of aliphatic carboxylic acids is 1. The molecule has 0 rings (SSSR count). The van der Waals surface area contributed by atoms with Crippen LogP contribution in [0.25, 0.3) is 0 Å². The molecule has 20 heavy (non-hydrogen) atoms. The average Bonchev–Trinajstić information content (AvgIpc) is 2.32. The molecule has 0 bridgehead atoms. The van der Waals surface area contributed by atoms with Crippen molar-refractivity contribution in [2.24, 2.45) is 0 Å². The second kappa shape index (κ2) is 11.0. The fourth-order valence-electron chi connectivity index (χ4n) is 1.46. The van der Waals surface area contributed by atoms with Gasteiger partial charge >= 0.3 is 5.97 Å². The third kappa shape index (κ3) is 15.3. The molecule has 0 fully saturated rings. The first-order chi connectivity index (χ1) is 9.31. The molecule has 0 spiro atoms. The normalized spacial score (nSPS) is 11.6. The molecule has 0 saturated heterocycles. The molecule has 0 aliphatic carbocycles. The summed E-state index contributed by atoms with van der Waals surface area (Å²) in [7, 11) is -1.05. The van der Waals surface area contributed by atoms with Crippen LogP contribution in [0, 0.1) is 0 Å². The molecule has 0 aromatic carbocycles. The van der Waals surface area contributed by atoms with Gasteiger partial charge in [0.2, 0.25) is 0 Å². The van der Waals surface area contributed by atoms with E-state index in [1.807, 2.05) is 0 Å². The van der Waals surface area contributed by atoms with Gasteiger partial charge in [0.15, 0.2) is 0 Å². The van der Waals surface area contributed by atoms with E-state index >= 15 is 0 Å². The molecule has 0 heterocycles. The van der Waals surface area contributed by atoms with E-state index in [0.717, 1.165) is 12.7 Å². The van der Waals surface area contributed by atoms with Gasteiger partial charge in [-0.3, -0.25) is 9.59 Å². The van der Waals surface area contributed by atoms with E-state index in [2.05, 4.69) is 19.6 Å². The van der Waals surface area contributed by atoms with Crippen LogP contribution in [0.4, 0.5) is 0 Å². The van der Waals surface area contributed by atoms with Crippen molar-refractivity contribution in [3.05, 3.63) is 0 Å². The van der Waals surface area contributed by atoms with E-state index in [0.29, 0.717) is 32.3 Å². The number of unbranched alkanes of at least 4 members (excludes halogenated alkanes) is 1. The van der Waals surface area contributed by atoms with E-state index in [1.165, 1.54) is 0 Å². The molecule has 0 aromatic rings. The topological polar surface area (TPSA) is 72.8 Å².